The molecule has 154 valence electrons. The Morgan fingerprint density at radius 2 is 1.90 bits per heavy atom. The van der Waals surface area contributed by atoms with E-state index in [1.54, 1.807) is 18.2 Å². The number of nitro benzene ring substituents is 1. The summed E-state index contributed by atoms with van der Waals surface area (Å²) >= 11 is 0. The van der Waals surface area contributed by atoms with E-state index in [9.17, 15) is 25.0 Å². The number of nitriles is 1. The number of hydrogen-bond donors (Lipinski definition) is 1. The van der Waals surface area contributed by atoms with Gasteiger partial charge in [-0.3, -0.25) is 14.9 Å². The Morgan fingerprint density at radius 3 is 2.47 bits per heavy atom. The van der Waals surface area contributed by atoms with Crippen molar-refractivity contribution in [3.63, 3.8) is 0 Å². The lowest BCUT2D eigenvalue weighted by Gasteiger charge is -2.15. The minimum Gasteiger partial charge on any atom is -0.494 e. The zero-order chi connectivity index (χ0) is 22.3. The number of nitrogens with one attached hydrogen (secondary N) is 1. The Morgan fingerprint density at radius 1 is 1.23 bits per heavy atom. The van der Waals surface area contributed by atoms with E-state index in [1.165, 1.54) is 32.2 Å². The molecule has 0 radical (unpaired) electrons. The molecule has 1 amide bonds. The van der Waals surface area contributed by atoms with E-state index in [0.29, 0.717) is 5.56 Å². The summed E-state index contributed by atoms with van der Waals surface area (Å²) in [5.74, 6) is -1.56. The lowest BCUT2D eigenvalue weighted by molar-refractivity contribution is -0.384. The van der Waals surface area contributed by atoms with Crippen molar-refractivity contribution in [2.45, 2.75) is 20.0 Å². The molecular formula is C21H19N3O6. The Kier molecular flexibility index (Phi) is 7.25. The predicted octanol–water partition coefficient (Wildman–Crippen LogP) is 3.39. The topological polar surface area (TPSA) is 132 Å². The first kappa shape index (κ1) is 22.1. The molecule has 0 heterocycles. The van der Waals surface area contributed by atoms with Crippen LogP contribution in [0.2, 0.25) is 0 Å². The summed E-state index contributed by atoms with van der Waals surface area (Å²) in [6.07, 6.45) is 0.137. The van der Waals surface area contributed by atoms with Gasteiger partial charge in [-0.2, -0.15) is 5.26 Å². The summed E-state index contributed by atoms with van der Waals surface area (Å²) in [7, 11) is 1.30. The van der Waals surface area contributed by atoms with Gasteiger partial charge in [-0.1, -0.05) is 29.8 Å². The number of nitrogens with zero attached hydrogens (tertiary/aromatic N) is 2. The molecule has 1 atom stereocenters. The number of esters is 1. The van der Waals surface area contributed by atoms with E-state index in [4.69, 9.17) is 9.47 Å². The summed E-state index contributed by atoms with van der Waals surface area (Å²) in [5, 5.41) is 22.6. The molecule has 2 aromatic carbocycles. The highest BCUT2D eigenvalue weighted by atomic mass is 16.6. The maximum absolute atomic E-state index is 12.4. The van der Waals surface area contributed by atoms with Crippen molar-refractivity contribution in [1.29, 1.82) is 5.26 Å². The van der Waals surface area contributed by atoms with Crippen LogP contribution < -0.4 is 10.1 Å². The minimum absolute atomic E-state index is 0.0769. The number of nitro groups is 1. The summed E-state index contributed by atoms with van der Waals surface area (Å²) < 4.78 is 10.1. The molecule has 9 nitrogen and oxygen atoms in total. The molecule has 0 saturated carbocycles. The Labute approximate surface area is 172 Å². The molecule has 0 saturated heterocycles. The maximum Gasteiger partial charge on any atom is 0.349 e. The number of methoxy groups -OCH3 is 1. The van der Waals surface area contributed by atoms with Crippen molar-refractivity contribution in [2.75, 3.05) is 12.4 Å². The summed E-state index contributed by atoms with van der Waals surface area (Å²) in [5.41, 5.74) is 1.38. The van der Waals surface area contributed by atoms with Crippen LogP contribution in [0.15, 0.2) is 48.0 Å². The van der Waals surface area contributed by atoms with Gasteiger partial charge in [0.05, 0.1) is 23.8 Å². The molecule has 0 spiro atoms. The number of carbonyl (C=O) groups excluding carboxylic acids is 2. The molecule has 2 aromatic rings. The van der Waals surface area contributed by atoms with Crippen LogP contribution in [0.5, 0.6) is 5.75 Å². The monoisotopic (exact) mass is 409 g/mol. The number of carbonyl (C=O) groups is 2. The number of amides is 1. The van der Waals surface area contributed by atoms with Crippen molar-refractivity contribution < 1.29 is 24.0 Å². The van der Waals surface area contributed by atoms with Gasteiger partial charge in [-0.05, 0) is 31.6 Å². The zero-order valence-electron chi connectivity index (χ0n) is 16.5. The molecule has 0 bridgehead atoms. The molecule has 0 aliphatic carbocycles. The molecule has 0 fully saturated rings. The fourth-order valence-electron chi connectivity index (χ4n) is 2.37. The van der Waals surface area contributed by atoms with Crippen LogP contribution in [0.4, 0.5) is 11.4 Å². The molecule has 0 aliphatic rings. The molecule has 9 heteroatoms. The molecule has 0 aliphatic heterocycles. The molecule has 0 aromatic heterocycles. The third-order valence-electron chi connectivity index (χ3n) is 4.04. The third kappa shape index (κ3) is 5.65. The van der Waals surface area contributed by atoms with Gasteiger partial charge < -0.3 is 14.8 Å². The van der Waals surface area contributed by atoms with Crippen LogP contribution in [0.3, 0.4) is 0 Å². The van der Waals surface area contributed by atoms with Gasteiger partial charge in [0.1, 0.15) is 17.4 Å². The molecule has 0 unspecified atom stereocenters. The van der Waals surface area contributed by atoms with Crippen LogP contribution in [0.1, 0.15) is 18.1 Å². The molecular weight excluding hydrogens is 390 g/mol. The minimum atomic E-state index is -1.23. The van der Waals surface area contributed by atoms with Gasteiger partial charge in [0.25, 0.3) is 11.6 Å². The van der Waals surface area contributed by atoms with Gasteiger partial charge in [0.15, 0.2) is 6.10 Å². The number of aryl methyl sites for hydroxylation is 1. The highest BCUT2D eigenvalue weighted by molar-refractivity contribution is 6.01. The zero-order valence-corrected chi connectivity index (χ0v) is 16.5. The lowest BCUT2D eigenvalue weighted by Crippen LogP contribution is -2.30. The average molecular weight is 409 g/mol. The number of benzene rings is 2. The van der Waals surface area contributed by atoms with Gasteiger partial charge in [-0.25, -0.2) is 4.79 Å². The van der Waals surface area contributed by atoms with E-state index in [-0.39, 0.29) is 22.7 Å². The van der Waals surface area contributed by atoms with Crippen molar-refractivity contribution in [2.24, 2.45) is 0 Å². The van der Waals surface area contributed by atoms with E-state index >= 15 is 0 Å². The summed E-state index contributed by atoms with van der Waals surface area (Å²) in [4.78, 5) is 34.9. The summed E-state index contributed by atoms with van der Waals surface area (Å²) in [6, 6.07) is 12.6. The standard InChI is InChI=1S/C21H19N3O6/c1-13-4-6-15(7-5-13)10-16(12-22)21(26)30-14(2)20(25)23-18-9-8-17(24(27)28)11-19(18)29-3/h4-11,14H,1-3H3,(H,23,25)/b16-10+/t14-/m1/s1. The first-order chi connectivity index (χ1) is 14.2. The van der Waals surface area contributed by atoms with Crippen molar-refractivity contribution in [3.05, 3.63) is 69.3 Å². The fourth-order valence-corrected chi connectivity index (χ4v) is 2.37. The lowest BCUT2D eigenvalue weighted by atomic mass is 10.1. The second kappa shape index (κ2) is 9.84. The smallest absolute Gasteiger partial charge is 0.349 e. The van der Waals surface area contributed by atoms with Crippen LogP contribution in [-0.4, -0.2) is 30.0 Å². The predicted molar refractivity (Wildman–Crippen MR) is 109 cm³/mol. The normalized spacial score (nSPS) is 11.7. The van der Waals surface area contributed by atoms with Gasteiger partial charge in [0.2, 0.25) is 0 Å². The van der Waals surface area contributed by atoms with Crippen molar-refractivity contribution >= 4 is 29.3 Å². The maximum atomic E-state index is 12.4. The van der Waals surface area contributed by atoms with Crippen LogP contribution >= 0.6 is 0 Å². The van der Waals surface area contributed by atoms with Gasteiger partial charge in [-0.15, -0.1) is 0 Å². The third-order valence-corrected chi connectivity index (χ3v) is 4.04. The average Bonchev–Trinajstić information content (AvgIpc) is 2.73. The highest BCUT2D eigenvalue weighted by Gasteiger charge is 2.22. The number of rotatable bonds is 7. The SMILES string of the molecule is COc1cc([N+](=O)[O-])ccc1NC(=O)[C@@H](C)OC(=O)/C(C#N)=C/c1ccc(C)cc1. The Hall–Kier alpha value is -4.19. The van der Waals surface area contributed by atoms with Crippen LogP contribution in [-0.2, 0) is 14.3 Å². The quantitative estimate of drug-likeness (QED) is 0.244. The molecule has 30 heavy (non-hydrogen) atoms. The summed E-state index contributed by atoms with van der Waals surface area (Å²) in [6.45, 7) is 3.25. The Balaban J connectivity index is 2.09. The number of hydrogen-bond acceptors (Lipinski definition) is 7. The number of non-ortho nitro benzene ring substituents is 1. The number of ether oxygens (including phenoxy) is 2. The fraction of sp³-hybridized carbons (Fsp3) is 0.190. The van der Waals surface area contributed by atoms with Crippen LogP contribution in [0.25, 0.3) is 6.08 Å². The van der Waals surface area contributed by atoms with Crippen LogP contribution in [0, 0.1) is 28.4 Å². The second-order valence-electron chi connectivity index (χ2n) is 6.26. The van der Waals surface area contributed by atoms with Crippen molar-refractivity contribution in [3.8, 4) is 11.8 Å². The largest absolute Gasteiger partial charge is 0.494 e. The van der Waals surface area contributed by atoms with E-state index < -0.39 is 22.9 Å². The highest BCUT2D eigenvalue weighted by Crippen LogP contribution is 2.29. The van der Waals surface area contributed by atoms with Gasteiger partial charge >= 0.3 is 5.97 Å². The molecule has 1 N–H and O–H groups in total. The molecule has 2 rings (SSSR count). The Bertz CT molecular complexity index is 1040. The second-order valence-corrected chi connectivity index (χ2v) is 6.26. The van der Waals surface area contributed by atoms with E-state index in [0.717, 1.165) is 11.6 Å². The van der Waals surface area contributed by atoms with Crippen molar-refractivity contribution in [1.82, 2.24) is 0 Å². The van der Waals surface area contributed by atoms with Gasteiger partial charge in [0, 0.05) is 6.07 Å². The van der Waals surface area contributed by atoms with E-state index in [2.05, 4.69) is 5.32 Å². The number of anilines is 1. The van der Waals surface area contributed by atoms with E-state index in [1.807, 2.05) is 19.1 Å². The first-order valence-electron chi connectivity index (χ1n) is 8.78. The first-order valence-corrected chi connectivity index (χ1v) is 8.78.